The average molecular weight is 165 g/mol. The van der Waals surface area contributed by atoms with Crippen molar-refractivity contribution in [3.8, 4) is 0 Å². The quantitative estimate of drug-likeness (QED) is 0.524. The molecule has 12 heavy (non-hydrogen) atoms. The second kappa shape index (κ2) is 3.99. The zero-order chi connectivity index (χ0) is 8.97. The predicted molar refractivity (Wildman–Crippen MR) is 45.2 cm³/mol. The van der Waals surface area contributed by atoms with Gasteiger partial charge in [0.1, 0.15) is 6.29 Å². The van der Waals surface area contributed by atoms with E-state index in [9.17, 15) is 4.79 Å². The summed E-state index contributed by atoms with van der Waals surface area (Å²) in [6, 6.07) is 5.52. The molecule has 3 heteroatoms. The zero-order valence-corrected chi connectivity index (χ0v) is 6.87. The van der Waals surface area contributed by atoms with Gasteiger partial charge in [-0.15, -0.1) is 0 Å². The van der Waals surface area contributed by atoms with Gasteiger partial charge in [-0.25, -0.2) is 5.48 Å². The number of carbonyl (C=O) groups excluding carboxylic acids is 1. The van der Waals surface area contributed by atoms with Crippen molar-refractivity contribution < 1.29 is 10.0 Å². The van der Waals surface area contributed by atoms with Crippen LogP contribution in [0.4, 0.5) is 0 Å². The highest BCUT2D eigenvalue weighted by Crippen LogP contribution is 2.08. The Hall–Kier alpha value is -1.19. The minimum atomic E-state index is 0.300. The Morgan fingerprint density at radius 3 is 2.92 bits per heavy atom. The first-order valence-corrected chi connectivity index (χ1v) is 3.69. The molecular weight excluding hydrogens is 154 g/mol. The lowest BCUT2D eigenvalue weighted by molar-refractivity contribution is 0.112. The number of nitrogens with one attached hydrogen (secondary N) is 1. The molecule has 0 unspecified atom stereocenters. The molecule has 0 saturated heterocycles. The van der Waals surface area contributed by atoms with Crippen molar-refractivity contribution in [3.63, 3.8) is 0 Å². The number of benzene rings is 1. The second-order valence-electron chi connectivity index (χ2n) is 2.66. The summed E-state index contributed by atoms with van der Waals surface area (Å²) in [5.74, 6) is 0. The van der Waals surface area contributed by atoms with Gasteiger partial charge >= 0.3 is 0 Å². The molecule has 64 valence electrons. The van der Waals surface area contributed by atoms with Crippen molar-refractivity contribution in [2.45, 2.75) is 13.5 Å². The first-order valence-electron chi connectivity index (χ1n) is 3.69. The van der Waals surface area contributed by atoms with E-state index in [0.29, 0.717) is 12.1 Å². The van der Waals surface area contributed by atoms with Crippen molar-refractivity contribution in [3.05, 3.63) is 34.9 Å². The summed E-state index contributed by atoms with van der Waals surface area (Å²) in [7, 11) is 0. The molecule has 1 rings (SSSR count). The SMILES string of the molecule is Cc1ccc(CNO)c(C=O)c1. The Labute approximate surface area is 71.0 Å². The molecule has 0 heterocycles. The maximum absolute atomic E-state index is 10.5. The average Bonchev–Trinajstić information content (AvgIpc) is 2.08. The van der Waals surface area contributed by atoms with Crippen LogP contribution < -0.4 is 5.48 Å². The van der Waals surface area contributed by atoms with E-state index in [2.05, 4.69) is 0 Å². The van der Waals surface area contributed by atoms with Gasteiger partial charge in [-0.2, -0.15) is 0 Å². The smallest absolute Gasteiger partial charge is 0.150 e. The van der Waals surface area contributed by atoms with Crippen molar-refractivity contribution in [1.29, 1.82) is 0 Å². The second-order valence-corrected chi connectivity index (χ2v) is 2.66. The van der Waals surface area contributed by atoms with E-state index in [1.165, 1.54) is 0 Å². The number of carbonyl (C=O) groups is 1. The number of hydroxylamine groups is 1. The number of hydrogen-bond donors (Lipinski definition) is 2. The standard InChI is InChI=1S/C9H11NO2/c1-7-2-3-8(5-10-12)9(4-7)6-11/h2-4,6,10,12H,5H2,1H3. The van der Waals surface area contributed by atoms with Crippen LogP contribution in [0.2, 0.25) is 0 Å². The molecule has 0 aliphatic carbocycles. The first-order chi connectivity index (χ1) is 5.77. The number of aryl methyl sites for hydroxylation is 1. The third kappa shape index (κ3) is 1.90. The fourth-order valence-corrected chi connectivity index (χ4v) is 1.07. The minimum Gasteiger partial charge on any atom is -0.316 e. The van der Waals surface area contributed by atoms with Crippen LogP contribution in [0.25, 0.3) is 0 Å². The fraction of sp³-hybridized carbons (Fsp3) is 0.222. The van der Waals surface area contributed by atoms with Gasteiger partial charge in [-0.3, -0.25) is 4.79 Å². The molecule has 1 aromatic carbocycles. The summed E-state index contributed by atoms with van der Waals surface area (Å²) in [6.45, 7) is 2.22. The number of hydrogen-bond acceptors (Lipinski definition) is 3. The molecule has 1 aromatic rings. The van der Waals surface area contributed by atoms with Gasteiger partial charge < -0.3 is 5.21 Å². The summed E-state index contributed by atoms with van der Waals surface area (Å²) in [6.07, 6.45) is 0.791. The normalized spacial score (nSPS) is 9.83. The molecule has 0 atom stereocenters. The molecule has 0 aromatic heterocycles. The van der Waals surface area contributed by atoms with E-state index in [-0.39, 0.29) is 0 Å². The predicted octanol–water partition coefficient (Wildman–Crippen LogP) is 1.29. The van der Waals surface area contributed by atoms with Crippen molar-refractivity contribution in [2.75, 3.05) is 0 Å². The molecule has 3 nitrogen and oxygen atoms in total. The summed E-state index contributed by atoms with van der Waals surface area (Å²) in [5.41, 5.74) is 4.49. The largest absolute Gasteiger partial charge is 0.316 e. The van der Waals surface area contributed by atoms with Crippen molar-refractivity contribution >= 4 is 6.29 Å². The van der Waals surface area contributed by atoms with Crippen LogP contribution in [0.1, 0.15) is 21.5 Å². The van der Waals surface area contributed by atoms with Gasteiger partial charge in [0, 0.05) is 12.1 Å². The van der Waals surface area contributed by atoms with E-state index in [4.69, 9.17) is 5.21 Å². The van der Waals surface area contributed by atoms with Crippen LogP contribution in [0.5, 0.6) is 0 Å². The van der Waals surface area contributed by atoms with E-state index in [1.807, 2.05) is 24.5 Å². The molecule has 0 aliphatic rings. The van der Waals surface area contributed by atoms with Crippen LogP contribution in [0.15, 0.2) is 18.2 Å². The van der Waals surface area contributed by atoms with E-state index >= 15 is 0 Å². The fourth-order valence-electron chi connectivity index (χ4n) is 1.07. The van der Waals surface area contributed by atoms with E-state index in [1.54, 1.807) is 6.07 Å². The lowest BCUT2D eigenvalue weighted by Crippen LogP contribution is -2.08. The Kier molecular flexibility index (Phi) is 2.96. The van der Waals surface area contributed by atoms with E-state index < -0.39 is 0 Å². The van der Waals surface area contributed by atoms with Gasteiger partial charge in [-0.1, -0.05) is 17.7 Å². The van der Waals surface area contributed by atoms with Crippen molar-refractivity contribution in [1.82, 2.24) is 5.48 Å². The topological polar surface area (TPSA) is 49.3 Å². The summed E-state index contributed by atoms with van der Waals surface area (Å²) in [5, 5.41) is 8.44. The van der Waals surface area contributed by atoms with Crippen LogP contribution in [-0.2, 0) is 6.54 Å². The lowest BCUT2D eigenvalue weighted by Gasteiger charge is -2.03. The summed E-state index contributed by atoms with van der Waals surface area (Å²) in [4.78, 5) is 10.5. The van der Waals surface area contributed by atoms with Gasteiger partial charge in [0.15, 0.2) is 0 Å². The maximum Gasteiger partial charge on any atom is 0.150 e. The third-order valence-electron chi connectivity index (χ3n) is 1.70. The highest BCUT2D eigenvalue weighted by molar-refractivity contribution is 5.77. The van der Waals surface area contributed by atoms with Crippen LogP contribution in [-0.4, -0.2) is 11.5 Å². The highest BCUT2D eigenvalue weighted by Gasteiger charge is 1.99. The van der Waals surface area contributed by atoms with Gasteiger partial charge in [-0.05, 0) is 18.6 Å². The Bertz CT molecular complexity index is 284. The lowest BCUT2D eigenvalue weighted by atomic mass is 10.1. The molecule has 0 spiro atoms. The number of aldehydes is 1. The molecule has 0 bridgehead atoms. The molecule has 0 aliphatic heterocycles. The highest BCUT2D eigenvalue weighted by atomic mass is 16.5. The Morgan fingerprint density at radius 2 is 2.33 bits per heavy atom. The molecule has 0 fully saturated rings. The molecule has 0 saturated carbocycles. The summed E-state index contributed by atoms with van der Waals surface area (Å²) < 4.78 is 0. The summed E-state index contributed by atoms with van der Waals surface area (Å²) >= 11 is 0. The Morgan fingerprint density at radius 1 is 1.58 bits per heavy atom. The molecule has 2 N–H and O–H groups in total. The monoisotopic (exact) mass is 165 g/mol. The van der Waals surface area contributed by atoms with Crippen LogP contribution in [0.3, 0.4) is 0 Å². The molecule has 0 amide bonds. The van der Waals surface area contributed by atoms with Crippen LogP contribution in [0, 0.1) is 6.92 Å². The van der Waals surface area contributed by atoms with Gasteiger partial charge in [0.2, 0.25) is 0 Å². The molecule has 0 radical (unpaired) electrons. The van der Waals surface area contributed by atoms with Crippen LogP contribution >= 0.6 is 0 Å². The zero-order valence-electron chi connectivity index (χ0n) is 6.87. The van der Waals surface area contributed by atoms with Gasteiger partial charge in [0.25, 0.3) is 0 Å². The number of rotatable bonds is 3. The molecular formula is C9H11NO2. The van der Waals surface area contributed by atoms with E-state index in [0.717, 1.165) is 17.4 Å². The van der Waals surface area contributed by atoms with Crippen molar-refractivity contribution in [2.24, 2.45) is 0 Å². The minimum absolute atomic E-state index is 0.300. The Balaban J connectivity index is 3.02. The maximum atomic E-state index is 10.5. The third-order valence-corrected chi connectivity index (χ3v) is 1.70. The van der Waals surface area contributed by atoms with Gasteiger partial charge in [0.05, 0.1) is 0 Å². The first kappa shape index (κ1) is 8.90.